The summed E-state index contributed by atoms with van der Waals surface area (Å²) in [6.45, 7) is 5.51. The minimum Gasteiger partial charge on any atom is -0.408 e. The monoisotopic (exact) mass is 289 g/mol. The Morgan fingerprint density at radius 3 is 2.95 bits per heavy atom. The summed E-state index contributed by atoms with van der Waals surface area (Å²) < 4.78 is 7.00. The molecule has 1 aromatic carbocycles. The average Bonchev–Trinajstić information content (AvgIpc) is 2.80. The Morgan fingerprint density at radius 2 is 2.14 bits per heavy atom. The first-order valence-electron chi connectivity index (χ1n) is 7.73. The largest absolute Gasteiger partial charge is 0.419 e. The number of aromatic nitrogens is 1. The van der Waals surface area contributed by atoms with E-state index in [1.54, 1.807) is 4.57 Å². The van der Waals surface area contributed by atoms with Gasteiger partial charge in [-0.15, -0.1) is 0 Å². The highest BCUT2D eigenvalue weighted by Gasteiger charge is 2.27. The molecule has 1 aliphatic rings. The molecule has 1 aromatic heterocycles. The highest BCUT2D eigenvalue weighted by molar-refractivity contribution is 5.72. The summed E-state index contributed by atoms with van der Waals surface area (Å²) in [7, 11) is 0. The number of nitrogens with zero attached hydrogens (tertiary/aromatic N) is 2. The molecule has 5 nitrogen and oxygen atoms in total. The highest BCUT2D eigenvalue weighted by atomic mass is 16.4. The molecule has 2 unspecified atom stereocenters. The Bertz CT molecular complexity index is 661. The molecule has 1 saturated heterocycles. The summed E-state index contributed by atoms with van der Waals surface area (Å²) >= 11 is 0. The first-order chi connectivity index (χ1) is 10.2. The summed E-state index contributed by atoms with van der Waals surface area (Å²) in [6, 6.07) is 8.00. The van der Waals surface area contributed by atoms with Gasteiger partial charge >= 0.3 is 5.76 Å². The van der Waals surface area contributed by atoms with E-state index in [-0.39, 0.29) is 5.76 Å². The van der Waals surface area contributed by atoms with Crippen molar-refractivity contribution in [1.29, 1.82) is 0 Å². The van der Waals surface area contributed by atoms with E-state index in [9.17, 15) is 4.79 Å². The Balaban J connectivity index is 1.77. The second-order valence-electron chi connectivity index (χ2n) is 5.95. The zero-order valence-corrected chi connectivity index (χ0v) is 12.5. The van der Waals surface area contributed by atoms with E-state index in [2.05, 4.69) is 11.8 Å². The Morgan fingerprint density at radius 1 is 1.33 bits per heavy atom. The molecule has 0 saturated carbocycles. The number of hydrogen-bond donors (Lipinski definition) is 1. The van der Waals surface area contributed by atoms with E-state index in [0.717, 1.165) is 18.6 Å². The van der Waals surface area contributed by atoms with Crippen molar-refractivity contribution < 1.29 is 4.42 Å². The minimum atomic E-state index is -0.273. The van der Waals surface area contributed by atoms with Gasteiger partial charge < -0.3 is 10.2 Å². The molecule has 0 bridgehead atoms. The molecule has 2 heterocycles. The van der Waals surface area contributed by atoms with Crippen LogP contribution in [0.5, 0.6) is 0 Å². The first-order valence-corrected chi connectivity index (χ1v) is 7.73. The topological polar surface area (TPSA) is 64.4 Å². The molecule has 2 atom stereocenters. The van der Waals surface area contributed by atoms with E-state index < -0.39 is 0 Å². The molecule has 1 fully saturated rings. The van der Waals surface area contributed by atoms with Gasteiger partial charge in [-0.2, -0.15) is 0 Å². The molecule has 3 rings (SSSR count). The zero-order valence-electron chi connectivity index (χ0n) is 12.5. The Hall–Kier alpha value is -1.59. The Kier molecular flexibility index (Phi) is 4.12. The van der Waals surface area contributed by atoms with Gasteiger partial charge in [-0.1, -0.05) is 19.1 Å². The second kappa shape index (κ2) is 6.03. The lowest BCUT2D eigenvalue weighted by atomic mass is 9.91. The van der Waals surface area contributed by atoms with Crippen LogP contribution < -0.4 is 11.5 Å². The van der Waals surface area contributed by atoms with E-state index in [1.807, 2.05) is 24.3 Å². The predicted octanol–water partition coefficient (Wildman–Crippen LogP) is 1.65. The number of likely N-dealkylation sites (tertiary alicyclic amines) is 1. The van der Waals surface area contributed by atoms with Gasteiger partial charge in [0.25, 0.3) is 0 Å². The van der Waals surface area contributed by atoms with Crippen molar-refractivity contribution in [2.75, 3.05) is 19.6 Å². The van der Waals surface area contributed by atoms with Crippen LogP contribution in [0.2, 0.25) is 0 Å². The molecule has 0 amide bonds. The molecule has 0 radical (unpaired) electrons. The van der Waals surface area contributed by atoms with Crippen LogP contribution in [0.4, 0.5) is 0 Å². The maximum absolute atomic E-state index is 12.0. The van der Waals surface area contributed by atoms with Crippen molar-refractivity contribution in [2.45, 2.75) is 32.4 Å². The van der Waals surface area contributed by atoms with Gasteiger partial charge in [0.15, 0.2) is 5.58 Å². The lowest BCUT2D eigenvalue weighted by Crippen LogP contribution is -2.49. The van der Waals surface area contributed by atoms with Crippen LogP contribution in [0.3, 0.4) is 0 Å². The van der Waals surface area contributed by atoms with Crippen LogP contribution in [0.25, 0.3) is 11.1 Å². The summed E-state index contributed by atoms with van der Waals surface area (Å²) in [5, 5.41) is 0. The summed E-state index contributed by atoms with van der Waals surface area (Å²) in [4.78, 5) is 14.4. The molecule has 0 aliphatic carbocycles. The van der Waals surface area contributed by atoms with E-state index in [4.69, 9.17) is 10.2 Å². The fourth-order valence-corrected chi connectivity index (χ4v) is 3.45. The van der Waals surface area contributed by atoms with Gasteiger partial charge in [-0.3, -0.25) is 9.47 Å². The Labute approximate surface area is 124 Å². The normalized spacial score (nSPS) is 23.7. The van der Waals surface area contributed by atoms with Gasteiger partial charge in [0.2, 0.25) is 0 Å². The highest BCUT2D eigenvalue weighted by Crippen LogP contribution is 2.22. The predicted molar refractivity (Wildman–Crippen MR) is 83.3 cm³/mol. The number of rotatable bonds is 4. The number of para-hydroxylation sites is 2. The SMILES string of the molecule is CC1CCCN(CCn2c(=O)oc3ccccc32)C1CN. The minimum absolute atomic E-state index is 0.273. The summed E-state index contributed by atoms with van der Waals surface area (Å²) in [5.41, 5.74) is 7.45. The van der Waals surface area contributed by atoms with Crippen LogP contribution >= 0.6 is 0 Å². The maximum atomic E-state index is 12.0. The number of piperidine rings is 1. The van der Waals surface area contributed by atoms with Crippen molar-refractivity contribution in [1.82, 2.24) is 9.47 Å². The fraction of sp³-hybridized carbons (Fsp3) is 0.562. The molecular weight excluding hydrogens is 266 g/mol. The molecule has 0 spiro atoms. The van der Waals surface area contributed by atoms with Crippen molar-refractivity contribution in [3.8, 4) is 0 Å². The molecular formula is C16H23N3O2. The average molecular weight is 289 g/mol. The number of fused-ring (bicyclic) bond motifs is 1. The molecule has 114 valence electrons. The number of hydrogen-bond acceptors (Lipinski definition) is 4. The lowest BCUT2D eigenvalue weighted by molar-refractivity contribution is 0.102. The number of benzene rings is 1. The second-order valence-corrected chi connectivity index (χ2v) is 5.95. The number of oxazole rings is 1. The van der Waals surface area contributed by atoms with Crippen molar-refractivity contribution in [3.63, 3.8) is 0 Å². The number of nitrogens with two attached hydrogens (primary N) is 1. The molecule has 2 N–H and O–H groups in total. The van der Waals surface area contributed by atoms with Crippen LogP contribution in [-0.2, 0) is 6.54 Å². The van der Waals surface area contributed by atoms with Crippen molar-refractivity contribution >= 4 is 11.1 Å². The van der Waals surface area contributed by atoms with Gasteiger partial charge in [-0.25, -0.2) is 4.79 Å². The molecule has 5 heteroatoms. The van der Waals surface area contributed by atoms with Crippen LogP contribution in [0.1, 0.15) is 19.8 Å². The van der Waals surface area contributed by atoms with E-state index in [0.29, 0.717) is 30.6 Å². The molecule has 1 aliphatic heterocycles. The van der Waals surface area contributed by atoms with Crippen LogP contribution in [0, 0.1) is 5.92 Å². The molecule has 21 heavy (non-hydrogen) atoms. The first kappa shape index (κ1) is 14.4. The fourth-order valence-electron chi connectivity index (χ4n) is 3.45. The summed E-state index contributed by atoms with van der Waals surface area (Å²) in [5.74, 6) is 0.354. The van der Waals surface area contributed by atoms with E-state index in [1.165, 1.54) is 12.8 Å². The van der Waals surface area contributed by atoms with Crippen LogP contribution in [-0.4, -0.2) is 35.1 Å². The quantitative estimate of drug-likeness (QED) is 0.929. The molecule has 2 aromatic rings. The zero-order chi connectivity index (χ0) is 14.8. The maximum Gasteiger partial charge on any atom is 0.419 e. The van der Waals surface area contributed by atoms with Crippen LogP contribution in [0.15, 0.2) is 33.5 Å². The van der Waals surface area contributed by atoms with E-state index >= 15 is 0 Å². The van der Waals surface area contributed by atoms with Gasteiger partial charge in [-0.05, 0) is 37.4 Å². The van der Waals surface area contributed by atoms with Crippen molar-refractivity contribution in [3.05, 3.63) is 34.8 Å². The van der Waals surface area contributed by atoms with Gasteiger partial charge in [0, 0.05) is 25.7 Å². The third-order valence-corrected chi connectivity index (χ3v) is 4.66. The smallest absolute Gasteiger partial charge is 0.408 e. The third kappa shape index (κ3) is 2.76. The van der Waals surface area contributed by atoms with Crippen molar-refractivity contribution in [2.24, 2.45) is 11.7 Å². The van der Waals surface area contributed by atoms with Gasteiger partial charge in [0.1, 0.15) is 0 Å². The standard InChI is InChI=1S/C16H23N3O2/c1-12-5-4-8-18(14(12)11-17)9-10-19-13-6-2-3-7-15(13)21-16(19)20/h2-3,6-7,12,14H,4-5,8-11,17H2,1H3. The summed E-state index contributed by atoms with van der Waals surface area (Å²) in [6.07, 6.45) is 2.45. The lowest BCUT2D eigenvalue weighted by Gasteiger charge is -2.39. The van der Waals surface area contributed by atoms with Gasteiger partial charge in [0.05, 0.1) is 5.52 Å². The third-order valence-electron chi connectivity index (χ3n) is 4.66.